The second-order valence-electron chi connectivity index (χ2n) is 2.46. The maximum Gasteiger partial charge on any atom is 0.308 e. The number of anilines is 1. The molecule has 3 N–H and O–H groups in total. The molecule has 1 rings (SSSR count). The molecule has 0 radical (unpaired) electrons. The molecule has 1 heterocycles. The average Bonchev–Trinajstić information content (AvgIpc) is 2.09. The highest BCUT2D eigenvalue weighted by Crippen LogP contribution is 2.23. The fraction of sp³-hybridized carbons (Fsp3) is 0.143. The van der Waals surface area contributed by atoms with Crippen molar-refractivity contribution < 1.29 is 18.7 Å². The van der Waals surface area contributed by atoms with E-state index in [0.29, 0.717) is 0 Å². The first-order valence-corrected chi connectivity index (χ1v) is 4.23. The van der Waals surface area contributed by atoms with Crippen molar-refractivity contribution in [3.63, 3.8) is 0 Å². The molecule has 4 nitrogen and oxygen atoms in total. The van der Waals surface area contributed by atoms with E-state index in [1.54, 1.807) is 0 Å². The van der Waals surface area contributed by atoms with Crippen molar-refractivity contribution in [1.29, 1.82) is 0 Å². The molecule has 0 saturated carbocycles. The Morgan fingerprint density at radius 1 is 1.50 bits per heavy atom. The van der Waals surface area contributed by atoms with Gasteiger partial charge in [-0.15, -0.1) is 0 Å². The van der Waals surface area contributed by atoms with Crippen LogP contribution in [0.15, 0.2) is 4.60 Å². The van der Waals surface area contributed by atoms with Crippen molar-refractivity contribution in [3.05, 3.63) is 21.8 Å². The fourth-order valence-electron chi connectivity index (χ4n) is 0.886. The van der Waals surface area contributed by atoms with Gasteiger partial charge in [-0.1, -0.05) is 0 Å². The highest BCUT2D eigenvalue weighted by Gasteiger charge is 2.19. The number of nitrogens with two attached hydrogens (primary N) is 1. The van der Waals surface area contributed by atoms with E-state index in [1.165, 1.54) is 0 Å². The minimum Gasteiger partial charge on any atom is -0.481 e. The lowest BCUT2D eigenvalue weighted by molar-refractivity contribution is -0.136. The lowest BCUT2D eigenvalue weighted by Gasteiger charge is -2.05. The second-order valence-corrected chi connectivity index (χ2v) is 3.22. The Morgan fingerprint density at radius 3 is 2.57 bits per heavy atom. The monoisotopic (exact) mass is 266 g/mol. The maximum atomic E-state index is 13.1. The number of rotatable bonds is 2. The number of pyridine rings is 1. The van der Waals surface area contributed by atoms with Crippen LogP contribution in [0.5, 0.6) is 0 Å². The van der Waals surface area contributed by atoms with Crippen molar-refractivity contribution >= 4 is 27.7 Å². The van der Waals surface area contributed by atoms with Crippen molar-refractivity contribution in [1.82, 2.24) is 4.98 Å². The number of halogens is 3. The number of carboxylic acids is 1. The van der Waals surface area contributed by atoms with Gasteiger partial charge in [-0.3, -0.25) is 4.79 Å². The summed E-state index contributed by atoms with van der Waals surface area (Å²) in [5, 5.41) is 8.39. The third-order valence-corrected chi connectivity index (χ3v) is 2.01. The molecule has 0 unspecified atom stereocenters. The predicted molar refractivity (Wildman–Crippen MR) is 47.6 cm³/mol. The van der Waals surface area contributed by atoms with Crippen LogP contribution >= 0.6 is 15.9 Å². The molecule has 0 aliphatic heterocycles. The molecule has 0 aromatic carbocycles. The van der Waals surface area contributed by atoms with Crippen LogP contribution < -0.4 is 5.73 Å². The van der Waals surface area contributed by atoms with Crippen LogP contribution in [0.1, 0.15) is 5.56 Å². The Bertz CT molecular complexity index is 372. The van der Waals surface area contributed by atoms with Crippen LogP contribution in [0.3, 0.4) is 0 Å². The molecule has 0 aliphatic carbocycles. The van der Waals surface area contributed by atoms with Crippen LogP contribution in [-0.2, 0) is 11.2 Å². The summed E-state index contributed by atoms with van der Waals surface area (Å²) in [4.78, 5) is 13.6. The molecule has 0 amide bonds. The summed E-state index contributed by atoms with van der Waals surface area (Å²) in [6.07, 6.45) is -0.775. The molecule has 0 spiro atoms. The molecule has 1 aromatic rings. The molecular weight excluding hydrogens is 262 g/mol. The Labute approximate surface area is 85.9 Å². The number of carboxylic acid groups (broad SMARTS) is 1. The van der Waals surface area contributed by atoms with E-state index < -0.39 is 35.4 Å². The van der Waals surface area contributed by atoms with Gasteiger partial charge in [0.05, 0.1) is 6.42 Å². The van der Waals surface area contributed by atoms with E-state index in [9.17, 15) is 13.6 Å². The summed E-state index contributed by atoms with van der Waals surface area (Å²) in [5.74, 6) is -4.05. The first-order chi connectivity index (χ1) is 6.43. The van der Waals surface area contributed by atoms with E-state index in [1.807, 2.05) is 0 Å². The zero-order valence-electron chi connectivity index (χ0n) is 6.72. The fourth-order valence-corrected chi connectivity index (χ4v) is 1.32. The van der Waals surface area contributed by atoms with Gasteiger partial charge in [0.15, 0.2) is 17.5 Å². The van der Waals surface area contributed by atoms with Crippen molar-refractivity contribution in [2.24, 2.45) is 0 Å². The highest BCUT2D eigenvalue weighted by atomic mass is 79.9. The maximum absolute atomic E-state index is 13.1. The molecule has 0 atom stereocenters. The highest BCUT2D eigenvalue weighted by molar-refractivity contribution is 9.10. The summed E-state index contributed by atoms with van der Waals surface area (Å²) in [6, 6.07) is 0. The Kier molecular flexibility index (Phi) is 3.00. The SMILES string of the molecule is Nc1nc(Br)c(F)c(CC(=O)O)c1F. The Balaban J connectivity index is 3.31. The van der Waals surface area contributed by atoms with Crippen molar-refractivity contribution in [2.75, 3.05) is 5.73 Å². The molecule has 7 heteroatoms. The third kappa shape index (κ3) is 1.98. The molecule has 1 aromatic heterocycles. The van der Waals surface area contributed by atoms with Gasteiger partial charge in [-0.2, -0.15) is 0 Å². The quantitative estimate of drug-likeness (QED) is 0.792. The zero-order valence-corrected chi connectivity index (χ0v) is 8.31. The third-order valence-electron chi connectivity index (χ3n) is 1.48. The van der Waals surface area contributed by atoms with E-state index in [0.717, 1.165) is 0 Å². The van der Waals surface area contributed by atoms with Crippen molar-refractivity contribution in [3.8, 4) is 0 Å². The molecule has 76 valence electrons. The topological polar surface area (TPSA) is 76.2 Å². The van der Waals surface area contributed by atoms with Gasteiger partial charge in [0.1, 0.15) is 4.60 Å². The summed E-state index contributed by atoms with van der Waals surface area (Å²) in [7, 11) is 0. The lowest BCUT2D eigenvalue weighted by Crippen LogP contribution is -2.09. The standard InChI is InChI=1S/C7H5BrF2N2O2/c8-6-4(9)2(1-3(13)14)5(10)7(11)12-6/h1H2,(H2,11,12)(H,13,14). The molecule has 0 saturated heterocycles. The number of hydrogen-bond donors (Lipinski definition) is 2. The normalized spacial score (nSPS) is 10.2. The van der Waals surface area contributed by atoms with E-state index in [4.69, 9.17) is 10.8 Å². The number of aliphatic carboxylic acids is 1. The number of nitrogen functional groups attached to an aromatic ring is 1. The first-order valence-electron chi connectivity index (χ1n) is 3.44. The number of hydrogen-bond acceptors (Lipinski definition) is 3. The minimum atomic E-state index is -1.35. The molecule has 0 fully saturated rings. The Morgan fingerprint density at radius 2 is 2.07 bits per heavy atom. The first kappa shape index (κ1) is 10.8. The number of aromatic nitrogens is 1. The van der Waals surface area contributed by atoms with Gasteiger partial charge in [0, 0.05) is 5.56 Å². The second kappa shape index (κ2) is 3.87. The van der Waals surface area contributed by atoms with Gasteiger partial charge in [0.25, 0.3) is 0 Å². The number of nitrogens with zero attached hydrogens (tertiary/aromatic N) is 1. The molecular formula is C7H5BrF2N2O2. The van der Waals surface area contributed by atoms with Gasteiger partial charge < -0.3 is 10.8 Å². The van der Waals surface area contributed by atoms with E-state index >= 15 is 0 Å². The average molecular weight is 267 g/mol. The van der Waals surface area contributed by atoms with Gasteiger partial charge in [-0.25, -0.2) is 13.8 Å². The molecule has 0 aliphatic rings. The van der Waals surface area contributed by atoms with Gasteiger partial charge in [-0.05, 0) is 15.9 Å². The summed E-state index contributed by atoms with van der Waals surface area (Å²) >= 11 is 2.70. The molecule has 0 bridgehead atoms. The smallest absolute Gasteiger partial charge is 0.308 e. The summed E-state index contributed by atoms with van der Waals surface area (Å²) in [6.45, 7) is 0. The van der Waals surface area contributed by atoms with Crippen LogP contribution in [0, 0.1) is 11.6 Å². The van der Waals surface area contributed by atoms with Crippen LogP contribution in [0.2, 0.25) is 0 Å². The largest absolute Gasteiger partial charge is 0.481 e. The molecule has 14 heavy (non-hydrogen) atoms. The van der Waals surface area contributed by atoms with Crippen LogP contribution in [-0.4, -0.2) is 16.1 Å². The number of carbonyl (C=O) groups is 1. The summed E-state index contributed by atoms with van der Waals surface area (Å²) in [5.41, 5.74) is 4.49. The van der Waals surface area contributed by atoms with Gasteiger partial charge >= 0.3 is 5.97 Å². The van der Waals surface area contributed by atoms with Crippen molar-refractivity contribution in [2.45, 2.75) is 6.42 Å². The minimum absolute atomic E-state index is 0.298. The predicted octanol–water partition coefficient (Wildman–Crippen LogP) is 1.33. The van der Waals surface area contributed by atoms with Gasteiger partial charge in [0.2, 0.25) is 0 Å². The lowest BCUT2D eigenvalue weighted by atomic mass is 10.1. The summed E-state index contributed by atoms with van der Waals surface area (Å²) < 4.78 is 25.9. The van der Waals surface area contributed by atoms with E-state index in [2.05, 4.69) is 20.9 Å². The van der Waals surface area contributed by atoms with Crippen LogP contribution in [0.4, 0.5) is 14.6 Å². The van der Waals surface area contributed by atoms with Crippen LogP contribution in [0.25, 0.3) is 0 Å². The Hall–Kier alpha value is -1.24. The zero-order chi connectivity index (χ0) is 10.9. The van der Waals surface area contributed by atoms with E-state index in [-0.39, 0.29) is 4.60 Å².